The molecule has 164 valence electrons. The summed E-state index contributed by atoms with van der Waals surface area (Å²) in [5.41, 5.74) is 2.21. The quantitative estimate of drug-likeness (QED) is 0.172. The third-order valence-corrected chi connectivity index (χ3v) is 7.43. The van der Waals surface area contributed by atoms with Crippen LogP contribution in [0.1, 0.15) is 25.0 Å². The molecule has 0 heterocycles. The Labute approximate surface area is 194 Å². The van der Waals surface area contributed by atoms with Gasteiger partial charge in [0.15, 0.2) is 0 Å². The molecule has 0 aliphatic rings. The van der Waals surface area contributed by atoms with E-state index < -0.39 is 19.8 Å². The van der Waals surface area contributed by atoms with E-state index in [4.69, 9.17) is 4.18 Å². The van der Waals surface area contributed by atoms with E-state index in [0.29, 0.717) is 5.56 Å². The molecule has 0 spiro atoms. The van der Waals surface area contributed by atoms with Crippen LogP contribution >= 0.6 is 31.9 Å². The second-order valence-electron chi connectivity index (χ2n) is 7.17. The second-order valence-corrected chi connectivity index (χ2v) is 10.8. The van der Waals surface area contributed by atoms with Crippen molar-refractivity contribution < 1.29 is 17.5 Å². The lowest BCUT2D eigenvalue weighted by Gasteiger charge is -2.27. The molecule has 0 aliphatic carbocycles. The van der Waals surface area contributed by atoms with Crippen molar-refractivity contribution >= 4 is 53.4 Å². The number of aryl methyl sites for hydroxylation is 1. The number of rotatable bonds is 10. The zero-order valence-electron chi connectivity index (χ0n) is 17.0. The number of alkyl halides is 2. The van der Waals surface area contributed by atoms with Gasteiger partial charge in [-0.05, 0) is 50.1 Å². The molecule has 0 saturated carbocycles. The van der Waals surface area contributed by atoms with Gasteiger partial charge >= 0.3 is 10.1 Å². The van der Waals surface area contributed by atoms with E-state index in [0.717, 1.165) is 35.0 Å². The molecule has 7 nitrogen and oxygen atoms in total. The van der Waals surface area contributed by atoms with E-state index in [1.165, 1.54) is 38.1 Å². The molecule has 2 aromatic carbocycles. The van der Waals surface area contributed by atoms with Crippen LogP contribution in [0, 0.1) is 17.0 Å². The standard InChI is InChI=1S/C20H24Br2N2O5S/c1-15-14-18(8-9-19(15)23(12-10-21)13-11-22)29-30(27,28)20(2,3)16-4-6-17(7-5-16)24(25)26/h4-9,14H,10-13H2,1-3H3. The second kappa shape index (κ2) is 10.1. The third kappa shape index (κ3) is 5.53. The molecule has 0 fully saturated rings. The van der Waals surface area contributed by atoms with Gasteiger partial charge in [-0.3, -0.25) is 10.1 Å². The fourth-order valence-corrected chi connectivity index (χ4v) is 4.80. The largest absolute Gasteiger partial charge is 0.382 e. The van der Waals surface area contributed by atoms with Crippen LogP contribution in [0.5, 0.6) is 5.75 Å². The van der Waals surface area contributed by atoms with Crippen molar-refractivity contribution in [3.63, 3.8) is 0 Å². The topological polar surface area (TPSA) is 89.8 Å². The molecule has 0 unspecified atom stereocenters. The summed E-state index contributed by atoms with van der Waals surface area (Å²) >= 11 is 6.91. The predicted octanol–water partition coefficient (Wildman–Crippen LogP) is 5.14. The van der Waals surface area contributed by atoms with Crippen molar-refractivity contribution in [2.24, 2.45) is 0 Å². The molecular weight excluding hydrogens is 540 g/mol. The first-order valence-corrected chi connectivity index (χ1v) is 12.8. The molecule has 0 atom stereocenters. The molecule has 2 rings (SSSR count). The van der Waals surface area contributed by atoms with Gasteiger partial charge in [0.05, 0.1) is 4.92 Å². The monoisotopic (exact) mass is 562 g/mol. The minimum atomic E-state index is -4.07. The summed E-state index contributed by atoms with van der Waals surface area (Å²) < 4.78 is 30.0. The molecule has 0 bridgehead atoms. The van der Waals surface area contributed by atoms with Crippen molar-refractivity contribution in [1.29, 1.82) is 0 Å². The van der Waals surface area contributed by atoms with Gasteiger partial charge in [-0.15, -0.1) is 0 Å². The van der Waals surface area contributed by atoms with Crippen molar-refractivity contribution in [2.45, 2.75) is 25.5 Å². The van der Waals surface area contributed by atoms with Crippen LogP contribution in [-0.2, 0) is 14.9 Å². The Balaban J connectivity index is 2.29. The Morgan fingerprint density at radius 2 is 1.63 bits per heavy atom. The Morgan fingerprint density at radius 1 is 1.07 bits per heavy atom. The molecule has 0 radical (unpaired) electrons. The normalized spacial score (nSPS) is 11.9. The van der Waals surface area contributed by atoms with Gasteiger partial charge in [0.1, 0.15) is 10.5 Å². The summed E-state index contributed by atoms with van der Waals surface area (Å²) in [5.74, 6) is 0.226. The van der Waals surface area contributed by atoms with Crippen LogP contribution in [0.25, 0.3) is 0 Å². The summed E-state index contributed by atoms with van der Waals surface area (Å²) in [5, 5.41) is 12.5. The van der Waals surface area contributed by atoms with Gasteiger partial charge in [0, 0.05) is 41.6 Å². The molecule has 10 heteroatoms. The van der Waals surface area contributed by atoms with Crippen molar-refractivity contribution in [3.8, 4) is 5.75 Å². The number of nitrogens with zero attached hydrogens (tertiary/aromatic N) is 2. The molecule has 30 heavy (non-hydrogen) atoms. The molecule has 0 aromatic heterocycles. The number of nitro groups is 1. The summed E-state index contributed by atoms with van der Waals surface area (Å²) in [6.45, 7) is 6.57. The number of hydrogen-bond acceptors (Lipinski definition) is 6. The van der Waals surface area contributed by atoms with E-state index >= 15 is 0 Å². The Kier molecular flexibility index (Phi) is 8.29. The minimum Gasteiger partial charge on any atom is -0.382 e. The Bertz CT molecular complexity index is 989. The highest BCUT2D eigenvalue weighted by Crippen LogP contribution is 2.34. The SMILES string of the molecule is Cc1cc(OS(=O)(=O)C(C)(C)c2ccc([N+](=O)[O-])cc2)ccc1N(CCBr)CCBr. The van der Waals surface area contributed by atoms with Crippen LogP contribution in [0.4, 0.5) is 11.4 Å². The number of hydrogen-bond donors (Lipinski definition) is 0. The van der Waals surface area contributed by atoms with E-state index in [1.807, 2.05) is 13.0 Å². The van der Waals surface area contributed by atoms with E-state index in [1.54, 1.807) is 12.1 Å². The van der Waals surface area contributed by atoms with Gasteiger partial charge in [-0.1, -0.05) is 44.0 Å². The van der Waals surface area contributed by atoms with Crippen LogP contribution in [0.15, 0.2) is 42.5 Å². The molecule has 0 aliphatic heterocycles. The van der Waals surface area contributed by atoms with Crippen molar-refractivity contribution in [3.05, 3.63) is 63.7 Å². The number of anilines is 1. The zero-order chi connectivity index (χ0) is 22.5. The average molecular weight is 564 g/mol. The van der Waals surface area contributed by atoms with Crippen LogP contribution in [-0.4, -0.2) is 37.1 Å². The van der Waals surface area contributed by atoms with E-state index in [-0.39, 0.29) is 11.4 Å². The Morgan fingerprint density at radius 3 is 2.10 bits per heavy atom. The Hall–Kier alpha value is -1.65. The lowest BCUT2D eigenvalue weighted by Crippen LogP contribution is -2.33. The summed E-state index contributed by atoms with van der Waals surface area (Å²) in [4.78, 5) is 12.5. The maximum atomic E-state index is 13.0. The van der Waals surface area contributed by atoms with Crippen LogP contribution in [0.3, 0.4) is 0 Å². The number of benzene rings is 2. The minimum absolute atomic E-state index is 0.101. The van der Waals surface area contributed by atoms with Crippen LogP contribution in [0.2, 0.25) is 0 Å². The van der Waals surface area contributed by atoms with Crippen LogP contribution < -0.4 is 9.08 Å². The van der Waals surface area contributed by atoms with Gasteiger partial charge < -0.3 is 9.08 Å². The van der Waals surface area contributed by atoms with E-state index in [2.05, 4.69) is 36.8 Å². The smallest absolute Gasteiger partial charge is 0.318 e. The molecule has 2 aromatic rings. The third-order valence-electron chi connectivity index (χ3n) is 4.82. The highest BCUT2D eigenvalue weighted by Gasteiger charge is 2.38. The highest BCUT2D eigenvalue weighted by molar-refractivity contribution is 9.09. The summed E-state index contributed by atoms with van der Waals surface area (Å²) in [6, 6.07) is 10.6. The van der Waals surface area contributed by atoms with E-state index in [9.17, 15) is 18.5 Å². The molecule has 0 N–H and O–H groups in total. The molecule has 0 saturated heterocycles. The fourth-order valence-electron chi connectivity index (χ4n) is 2.95. The van der Waals surface area contributed by atoms with Gasteiger partial charge in [-0.2, -0.15) is 8.42 Å². The first-order valence-electron chi connectivity index (χ1n) is 9.20. The average Bonchev–Trinajstić information content (AvgIpc) is 2.67. The lowest BCUT2D eigenvalue weighted by atomic mass is 10.0. The van der Waals surface area contributed by atoms with Crippen molar-refractivity contribution in [1.82, 2.24) is 0 Å². The zero-order valence-corrected chi connectivity index (χ0v) is 21.0. The highest BCUT2D eigenvalue weighted by atomic mass is 79.9. The molecular formula is C20H24Br2N2O5S. The first kappa shape index (κ1) is 24.6. The van der Waals surface area contributed by atoms with Crippen molar-refractivity contribution in [2.75, 3.05) is 28.6 Å². The maximum Gasteiger partial charge on any atom is 0.318 e. The predicted molar refractivity (Wildman–Crippen MR) is 127 cm³/mol. The maximum absolute atomic E-state index is 13.0. The lowest BCUT2D eigenvalue weighted by molar-refractivity contribution is -0.384. The number of halogens is 2. The van der Waals surface area contributed by atoms with Gasteiger partial charge in [0.2, 0.25) is 0 Å². The summed E-state index contributed by atoms with van der Waals surface area (Å²) in [7, 11) is -4.07. The fraction of sp³-hybridized carbons (Fsp3) is 0.400. The first-order chi connectivity index (χ1) is 14.0. The molecule has 0 amide bonds. The number of nitro benzene ring substituents is 1. The number of non-ortho nitro benzene ring substituents is 1. The van der Waals surface area contributed by atoms with Gasteiger partial charge in [-0.25, -0.2) is 0 Å². The van der Waals surface area contributed by atoms with Gasteiger partial charge in [0.25, 0.3) is 5.69 Å². The summed E-state index contributed by atoms with van der Waals surface area (Å²) in [6.07, 6.45) is 0.